The number of allylic oxidation sites excluding steroid dienone is 16. The fraction of sp³-hybridized carbons (Fsp3) is 0.286. The minimum atomic E-state index is 0.513. The van der Waals surface area contributed by atoms with Gasteiger partial charge in [-0.2, -0.15) is 0 Å². The minimum Gasteiger partial charge on any atom is -0.0842 e. The highest BCUT2D eigenvalue weighted by atomic mass is 14.4. The normalized spacial score (nSPS) is 23.2. The standard InChI is InChI=1S/C42H40/c1-27(2)25-39-30-16-7-6-15-29(30)26-40-31-21-12-22-34(32(31)23-24-33(39)40)42-37-19-10-8-17-35(37)41(28-13-4-3-5-14-28)36-18-9-11-20-38(36)42/h3-4,6-11,13,16-21,23-24,27,29,40H,5,12,14-15,22,25-26H2,1-2H3. The Morgan fingerprint density at radius 2 is 1.45 bits per heavy atom. The van der Waals surface area contributed by atoms with Gasteiger partial charge in [0.2, 0.25) is 0 Å². The number of fused-ring (bicyclic) bond motifs is 6. The highest BCUT2D eigenvalue weighted by Gasteiger charge is 2.37. The van der Waals surface area contributed by atoms with Crippen LogP contribution in [-0.4, -0.2) is 0 Å². The molecular formula is C42H40. The van der Waals surface area contributed by atoms with Crippen molar-refractivity contribution in [3.63, 3.8) is 0 Å². The monoisotopic (exact) mass is 544 g/mol. The molecule has 0 nitrogen and oxygen atoms in total. The third-order valence-corrected chi connectivity index (χ3v) is 10.2. The average molecular weight is 545 g/mol. The highest BCUT2D eigenvalue weighted by Crippen LogP contribution is 2.53. The number of rotatable bonds is 4. The van der Waals surface area contributed by atoms with E-state index in [1.165, 1.54) is 63.1 Å². The zero-order valence-corrected chi connectivity index (χ0v) is 25.0. The Morgan fingerprint density at radius 1 is 0.738 bits per heavy atom. The summed E-state index contributed by atoms with van der Waals surface area (Å²) in [6, 6.07) is 18.4. The molecule has 208 valence electrons. The summed E-state index contributed by atoms with van der Waals surface area (Å²) in [4.78, 5) is 0. The van der Waals surface area contributed by atoms with Crippen LogP contribution in [0.4, 0.5) is 0 Å². The SMILES string of the molecule is CC(C)CC1=C2C=CC3=C(c4c5ccccc5c(C5=CC=CCC5)c5ccccc45)CCC=C3C2CC2CC=CC=C12. The van der Waals surface area contributed by atoms with E-state index < -0.39 is 0 Å². The molecule has 5 aliphatic carbocycles. The predicted octanol–water partition coefficient (Wildman–Crippen LogP) is 11.6. The van der Waals surface area contributed by atoms with Gasteiger partial charge in [0.05, 0.1) is 0 Å². The summed E-state index contributed by atoms with van der Waals surface area (Å²) in [7, 11) is 0. The molecule has 0 saturated heterocycles. The molecule has 2 unspecified atom stereocenters. The van der Waals surface area contributed by atoms with Crippen molar-refractivity contribution in [2.45, 2.75) is 58.8 Å². The zero-order valence-electron chi connectivity index (χ0n) is 25.0. The predicted molar refractivity (Wildman–Crippen MR) is 181 cm³/mol. The molecule has 8 rings (SSSR count). The lowest BCUT2D eigenvalue weighted by Crippen LogP contribution is -2.27. The molecule has 0 saturated carbocycles. The van der Waals surface area contributed by atoms with Crippen molar-refractivity contribution in [1.82, 2.24) is 0 Å². The molecule has 0 radical (unpaired) electrons. The van der Waals surface area contributed by atoms with Gasteiger partial charge in [0.1, 0.15) is 0 Å². The number of benzene rings is 3. The molecule has 5 aliphatic rings. The molecule has 0 amide bonds. The number of hydrogen-bond acceptors (Lipinski definition) is 0. The average Bonchev–Trinajstić information content (AvgIpc) is 3.03. The molecule has 2 atom stereocenters. The Balaban J connectivity index is 1.38. The first-order chi connectivity index (χ1) is 20.7. The van der Waals surface area contributed by atoms with Gasteiger partial charge in [0.15, 0.2) is 0 Å². The maximum Gasteiger partial charge on any atom is 0.0101 e. The molecule has 42 heavy (non-hydrogen) atoms. The van der Waals surface area contributed by atoms with Gasteiger partial charge in [-0.25, -0.2) is 0 Å². The molecule has 0 bridgehead atoms. The molecule has 3 aromatic carbocycles. The molecule has 3 aromatic rings. The summed E-state index contributed by atoms with van der Waals surface area (Å²) < 4.78 is 0. The Hall–Kier alpha value is -3.90. The van der Waals surface area contributed by atoms with Crippen LogP contribution in [0.2, 0.25) is 0 Å². The van der Waals surface area contributed by atoms with E-state index in [1.54, 1.807) is 27.9 Å². The van der Waals surface area contributed by atoms with Crippen LogP contribution in [0.3, 0.4) is 0 Å². The lowest BCUT2D eigenvalue weighted by atomic mass is 9.63. The van der Waals surface area contributed by atoms with Crippen LogP contribution in [0.25, 0.3) is 32.7 Å². The quantitative estimate of drug-likeness (QED) is 0.287. The first kappa shape index (κ1) is 25.8. The Labute approximate surface area is 250 Å². The second kappa shape index (κ2) is 10.4. The first-order valence-electron chi connectivity index (χ1n) is 16.2. The molecule has 0 spiro atoms. The van der Waals surface area contributed by atoms with E-state index in [-0.39, 0.29) is 0 Å². The maximum absolute atomic E-state index is 2.60. The Bertz CT molecular complexity index is 1810. The minimum absolute atomic E-state index is 0.513. The smallest absolute Gasteiger partial charge is 0.0101 e. The van der Waals surface area contributed by atoms with Gasteiger partial charge in [-0.1, -0.05) is 117 Å². The van der Waals surface area contributed by atoms with E-state index in [4.69, 9.17) is 0 Å². The van der Waals surface area contributed by atoms with Crippen molar-refractivity contribution in [1.29, 1.82) is 0 Å². The number of hydrogen-bond donors (Lipinski definition) is 0. The largest absolute Gasteiger partial charge is 0.0842 e. The maximum atomic E-state index is 2.60. The zero-order chi connectivity index (χ0) is 28.2. The molecule has 0 aliphatic heterocycles. The van der Waals surface area contributed by atoms with Crippen molar-refractivity contribution in [3.05, 3.63) is 142 Å². The van der Waals surface area contributed by atoms with Crippen LogP contribution in [0.15, 0.2) is 131 Å². The van der Waals surface area contributed by atoms with Crippen molar-refractivity contribution >= 4 is 32.7 Å². The van der Waals surface area contributed by atoms with E-state index in [9.17, 15) is 0 Å². The third kappa shape index (κ3) is 4.10. The van der Waals surface area contributed by atoms with Crippen LogP contribution in [0, 0.1) is 17.8 Å². The molecule has 0 heteroatoms. The van der Waals surface area contributed by atoms with Crippen LogP contribution >= 0.6 is 0 Å². The summed E-state index contributed by atoms with van der Waals surface area (Å²) in [6.45, 7) is 4.75. The van der Waals surface area contributed by atoms with Crippen LogP contribution in [0.5, 0.6) is 0 Å². The van der Waals surface area contributed by atoms with Gasteiger partial charge in [-0.15, -0.1) is 0 Å². The van der Waals surface area contributed by atoms with E-state index >= 15 is 0 Å². The first-order valence-corrected chi connectivity index (χ1v) is 16.2. The topological polar surface area (TPSA) is 0 Å². The van der Waals surface area contributed by atoms with Gasteiger partial charge in [0.25, 0.3) is 0 Å². The fourth-order valence-electron chi connectivity index (χ4n) is 8.55. The van der Waals surface area contributed by atoms with Gasteiger partial charge in [-0.3, -0.25) is 0 Å². The molecule has 0 aromatic heterocycles. The summed E-state index contributed by atoms with van der Waals surface area (Å²) in [5.41, 5.74) is 13.9. The van der Waals surface area contributed by atoms with Gasteiger partial charge >= 0.3 is 0 Å². The fourth-order valence-corrected chi connectivity index (χ4v) is 8.55. The van der Waals surface area contributed by atoms with E-state index in [0.29, 0.717) is 17.8 Å². The molecule has 0 N–H and O–H groups in total. The lowest BCUT2D eigenvalue weighted by Gasteiger charge is -2.41. The second-order valence-electron chi connectivity index (χ2n) is 13.2. The van der Waals surface area contributed by atoms with Gasteiger partial charge in [-0.05, 0) is 128 Å². The molecule has 0 fully saturated rings. The van der Waals surface area contributed by atoms with Crippen molar-refractivity contribution in [3.8, 4) is 0 Å². The van der Waals surface area contributed by atoms with Crippen molar-refractivity contribution in [2.75, 3.05) is 0 Å². The van der Waals surface area contributed by atoms with E-state index in [1.807, 2.05) is 0 Å². The van der Waals surface area contributed by atoms with Crippen LogP contribution < -0.4 is 0 Å². The summed E-state index contributed by atoms with van der Waals surface area (Å²) in [6.07, 6.45) is 29.7. The summed E-state index contributed by atoms with van der Waals surface area (Å²) >= 11 is 0. The Kier molecular flexibility index (Phi) is 6.40. The summed E-state index contributed by atoms with van der Waals surface area (Å²) in [5, 5.41) is 5.62. The second-order valence-corrected chi connectivity index (χ2v) is 13.2. The lowest BCUT2D eigenvalue weighted by molar-refractivity contribution is 0.459. The van der Waals surface area contributed by atoms with Crippen molar-refractivity contribution in [2.24, 2.45) is 17.8 Å². The van der Waals surface area contributed by atoms with Gasteiger partial charge in [0, 0.05) is 5.92 Å². The van der Waals surface area contributed by atoms with E-state index in [2.05, 4.69) is 117 Å². The van der Waals surface area contributed by atoms with Gasteiger partial charge < -0.3 is 0 Å². The summed E-state index contributed by atoms with van der Waals surface area (Å²) in [5.74, 6) is 1.82. The van der Waals surface area contributed by atoms with Crippen molar-refractivity contribution < 1.29 is 0 Å². The van der Waals surface area contributed by atoms with E-state index in [0.717, 1.165) is 25.7 Å². The van der Waals surface area contributed by atoms with Crippen LogP contribution in [0.1, 0.15) is 69.9 Å². The third-order valence-electron chi connectivity index (χ3n) is 10.2. The molecular weight excluding hydrogens is 504 g/mol. The van der Waals surface area contributed by atoms with Crippen LogP contribution in [-0.2, 0) is 0 Å². The highest BCUT2D eigenvalue weighted by molar-refractivity contribution is 6.16. The Morgan fingerprint density at radius 3 is 2.14 bits per heavy atom. The molecule has 0 heterocycles.